The van der Waals surface area contributed by atoms with Gasteiger partial charge in [0.25, 0.3) is 10.1 Å². The second-order valence-electron chi connectivity index (χ2n) is 7.20. The van der Waals surface area contributed by atoms with Crippen LogP contribution in [0.3, 0.4) is 0 Å². The fourth-order valence-electron chi connectivity index (χ4n) is 3.38. The van der Waals surface area contributed by atoms with Crippen LogP contribution < -0.4 is 5.32 Å². The quantitative estimate of drug-likeness (QED) is 0.304. The van der Waals surface area contributed by atoms with Crippen LogP contribution in [0, 0.1) is 0 Å². The standard InChI is InChI=1S/C21H25NO5S/c1-21(11-12-23,20(24)27-28(2,25)26)22-14-16-13-15-7-3-4-8-17(15)19-10-6-5-9-18(16)19/h3-10,13,20,22-24H,11-12,14H2,1-2H3. The first-order chi connectivity index (χ1) is 13.2. The summed E-state index contributed by atoms with van der Waals surface area (Å²) in [6.07, 6.45) is -0.622. The number of benzene rings is 3. The number of nitrogens with one attached hydrogen (secondary N) is 1. The fourth-order valence-corrected chi connectivity index (χ4v) is 3.92. The van der Waals surface area contributed by atoms with Gasteiger partial charge in [-0.15, -0.1) is 0 Å². The molecule has 0 fully saturated rings. The first-order valence-electron chi connectivity index (χ1n) is 9.05. The van der Waals surface area contributed by atoms with E-state index < -0.39 is 21.9 Å². The topological polar surface area (TPSA) is 95.9 Å². The molecule has 0 heterocycles. The zero-order valence-electron chi connectivity index (χ0n) is 15.9. The minimum Gasteiger partial charge on any atom is -0.396 e. The smallest absolute Gasteiger partial charge is 0.266 e. The Morgan fingerprint density at radius 2 is 1.68 bits per heavy atom. The van der Waals surface area contributed by atoms with Gasteiger partial charge in [-0.1, -0.05) is 48.5 Å². The number of fused-ring (bicyclic) bond motifs is 3. The van der Waals surface area contributed by atoms with E-state index >= 15 is 0 Å². The molecule has 0 spiro atoms. The van der Waals surface area contributed by atoms with Crippen LogP contribution in [0.1, 0.15) is 18.9 Å². The molecule has 0 bridgehead atoms. The summed E-state index contributed by atoms with van der Waals surface area (Å²) in [4.78, 5) is 0. The van der Waals surface area contributed by atoms with E-state index in [1.54, 1.807) is 6.92 Å². The second-order valence-corrected chi connectivity index (χ2v) is 8.80. The van der Waals surface area contributed by atoms with Crippen LogP contribution in [0.5, 0.6) is 0 Å². The van der Waals surface area contributed by atoms with Crippen molar-refractivity contribution in [1.82, 2.24) is 5.32 Å². The van der Waals surface area contributed by atoms with Gasteiger partial charge < -0.3 is 15.5 Å². The van der Waals surface area contributed by atoms with Gasteiger partial charge in [-0.2, -0.15) is 8.42 Å². The van der Waals surface area contributed by atoms with E-state index in [2.05, 4.69) is 23.5 Å². The molecule has 2 unspecified atom stereocenters. The van der Waals surface area contributed by atoms with Crippen molar-refractivity contribution in [3.8, 4) is 0 Å². The van der Waals surface area contributed by atoms with Gasteiger partial charge in [0.05, 0.1) is 11.8 Å². The van der Waals surface area contributed by atoms with Crippen LogP contribution in [-0.4, -0.2) is 43.3 Å². The van der Waals surface area contributed by atoms with Crippen molar-refractivity contribution >= 4 is 31.7 Å². The van der Waals surface area contributed by atoms with E-state index in [0.29, 0.717) is 6.54 Å². The van der Waals surface area contributed by atoms with E-state index in [4.69, 9.17) is 4.18 Å². The Kier molecular flexibility index (Phi) is 6.02. The normalized spacial score (nSPS) is 15.6. The predicted octanol–water partition coefficient (Wildman–Crippen LogP) is 2.52. The lowest BCUT2D eigenvalue weighted by molar-refractivity contribution is -0.0853. The molecule has 0 saturated heterocycles. The molecule has 2 atom stereocenters. The number of hydrogen-bond donors (Lipinski definition) is 3. The third-order valence-electron chi connectivity index (χ3n) is 4.98. The van der Waals surface area contributed by atoms with Crippen molar-refractivity contribution in [2.24, 2.45) is 0 Å². The number of aliphatic hydroxyl groups excluding tert-OH is 2. The van der Waals surface area contributed by atoms with Gasteiger partial charge in [0.1, 0.15) is 0 Å². The summed E-state index contributed by atoms with van der Waals surface area (Å²) in [6.45, 7) is 1.76. The van der Waals surface area contributed by atoms with Crippen LogP contribution >= 0.6 is 0 Å². The van der Waals surface area contributed by atoms with Gasteiger partial charge in [-0.3, -0.25) is 0 Å². The van der Waals surface area contributed by atoms with Crippen molar-refractivity contribution in [2.45, 2.75) is 31.7 Å². The number of aliphatic hydroxyl groups is 2. The van der Waals surface area contributed by atoms with Crippen molar-refractivity contribution < 1.29 is 22.8 Å². The van der Waals surface area contributed by atoms with Crippen molar-refractivity contribution in [2.75, 3.05) is 12.9 Å². The molecule has 0 aromatic heterocycles. The zero-order chi connectivity index (χ0) is 20.4. The average Bonchev–Trinajstić information content (AvgIpc) is 2.65. The Bertz CT molecular complexity index is 1080. The van der Waals surface area contributed by atoms with Gasteiger partial charge in [0.2, 0.25) is 0 Å². The Labute approximate surface area is 164 Å². The zero-order valence-corrected chi connectivity index (χ0v) is 16.7. The van der Waals surface area contributed by atoms with Crippen LogP contribution in [0.15, 0.2) is 54.6 Å². The second kappa shape index (κ2) is 8.14. The van der Waals surface area contributed by atoms with E-state index in [9.17, 15) is 18.6 Å². The molecule has 3 N–H and O–H groups in total. The lowest BCUT2D eigenvalue weighted by Gasteiger charge is -2.34. The molecule has 0 saturated carbocycles. The van der Waals surface area contributed by atoms with Crippen molar-refractivity contribution in [3.05, 3.63) is 60.2 Å². The highest BCUT2D eigenvalue weighted by Crippen LogP contribution is 2.29. The molecular weight excluding hydrogens is 378 g/mol. The molecule has 6 nitrogen and oxygen atoms in total. The molecule has 28 heavy (non-hydrogen) atoms. The fraction of sp³-hybridized carbons (Fsp3) is 0.333. The summed E-state index contributed by atoms with van der Waals surface area (Å²) in [5, 5.41) is 27.4. The summed E-state index contributed by atoms with van der Waals surface area (Å²) in [7, 11) is -3.84. The average molecular weight is 404 g/mol. The summed E-state index contributed by atoms with van der Waals surface area (Å²) in [5.41, 5.74) is -0.144. The van der Waals surface area contributed by atoms with Crippen LogP contribution in [0.25, 0.3) is 21.5 Å². The maximum absolute atomic E-state index is 11.4. The van der Waals surface area contributed by atoms with Crippen LogP contribution in [0.2, 0.25) is 0 Å². The first-order valence-corrected chi connectivity index (χ1v) is 10.9. The monoisotopic (exact) mass is 403 g/mol. The summed E-state index contributed by atoms with van der Waals surface area (Å²) >= 11 is 0. The number of rotatable bonds is 8. The third-order valence-corrected chi connectivity index (χ3v) is 5.51. The lowest BCUT2D eigenvalue weighted by atomic mass is 9.94. The molecule has 3 rings (SSSR count). The molecule has 0 amide bonds. The highest BCUT2D eigenvalue weighted by atomic mass is 32.2. The minimum absolute atomic E-state index is 0.120. The van der Waals surface area contributed by atoms with Gasteiger partial charge in [0.15, 0.2) is 6.29 Å². The van der Waals surface area contributed by atoms with Crippen molar-refractivity contribution in [3.63, 3.8) is 0 Å². The molecule has 3 aromatic rings. The molecule has 3 aromatic carbocycles. The van der Waals surface area contributed by atoms with Gasteiger partial charge in [-0.05, 0) is 46.5 Å². The Balaban J connectivity index is 1.96. The van der Waals surface area contributed by atoms with Crippen LogP contribution in [0.4, 0.5) is 0 Å². The Morgan fingerprint density at radius 3 is 2.32 bits per heavy atom. The predicted molar refractivity (Wildman–Crippen MR) is 110 cm³/mol. The molecule has 0 aliphatic carbocycles. The van der Waals surface area contributed by atoms with E-state index in [-0.39, 0.29) is 13.0 Å². The Hall–Kier alpha value is -2.03. The highest BCUT2D eigenvalue weighted by molar-refractivity contribution is 7.86. The molecule has 7 heteroatoms. The highest BCUT2D eigenvalue weighted by Gasteiger charge is 2.35. The van der Waals surface area contributed by atoms with E-state index in [0.717, 1.165) is 33.4 Å². The van der Waals surface area contributed by atoms with Gasteiger partial charge in [0, 0.05) is 13.2 Å². The molecule has 150 valence electrons. The SMILES string of the molecule is CC(CCO)(NCc1cc2ccccc2c2ccccc12)C(O)OS(C)(=O)=O. The summed E-state index contributed by atoms with van der Waals surface area (Å²) < 4.78 is 27.6. The minimum atomic E-state index is -3.84. The molecule has 0 aliphatic heterocycles. The van der Waals surface area contributed by atoms with Crippen LogP contribution in [-0.2, 0) is 20.8 Å². The molecule has 0 aliphatic rings. The maximum atomic E-state index is 11.4. The Morgan fingerprint density at radius 1 is 1.07 bits per heavy atom. The first kappa shape index (κ1) is 20.7. The number of hydrogen-bond acceptors (Lipinski definition) is 6. The summed E-state index contributed by atoms with van der Waals surface area (Å²) in [5.74, 6) is 0. The molecular formula is C21H25NO5S. The lowest BCUT2D eigenvalue weighted by Crippen LogP contribution is -2.54. The van der Waals surface area contributed by atoms with E-state index in [1.807, 2.05) is 36.4 Å². The summed E-state index contributed by atoms with van der Waals surface area (Å²) in [6, 6.07) is 18.2. The largest absolute Gasteiger partial charge is 0.396 e. The van der Waals surface area contributed by atoms with E-state index in [1.165, 1.54) is 0 Å². The third kappa shape index (κ3) is 4.51. The van der Waals surface area contributed by atoms with Crippen molar-refractivity contribution in [1.29, 1.82) is 0 Å². The van der Waals surface area contributed by atoms with Gasteiger partial charge >= 0.3 is 0 Å². The maximum Gasteiger partial charge on any atom is 0.266 e. The molecule has 0 radical (unpaired) electrons. The van der Waals surface area contributed by atoms with Gasteiger partial charge in [-0.25, -0.2) is 4.18 Å².